The van der Waals surface area contributed by atoms with E-state index in [4.69, 9.17) is 4.74 Å². The van der Waals surface area contributed by atoms with Crippen LogP contribution < -0.4 is 5.32 Å². The lowest BCUT2D eigenvalue weighted by molar-refractivity contribution is 0.0457. The molecule has 0 amide bonds. The van der Waals surface area contributed by atoms with Crippen molar-refractivity contribution in [1.82, 2.24) is 0 Å². The van der Waals surface area contributed by atoms with Crippen molar-refractivity contribution in [3.8, 4) is 11.1 Å². The van der Waals surface area contributed by atoms with Crippen molar-refractivity contribution in [3.05, 3.63) is 54.1 Å². The molecular weight excluding hydrogens is 258 g/mol. The Kier molecular flexibility index (Phi) is 4.56. The minimum atomic E-state index is 0.485. The van der Waals surface area contributed by atoms with E-state index < -0.39 is 0 Å². The molecule has 0 spiro atoms. The van der Waals surface area contributed by atoms with E-state index in [0.29, 0.717) is 6.10 Å². The second kappa shape index (κ2) is 6.77. The first-order valence-corrected chi connectivity index (χ1v) is 7.84. The standard InChI is InChI=1S/C19H23NO/c1-20-18-12-10-17(11-13-18)16-8-6-15(7-9-16)14-21-19-4-2-3-5-19/h6-13,19-20H,2-5,14H2,1H3. The first-order chi connectivity index (χ1) is 10.3. The maximum atomic E-state index is 5.96. The van der Waals surface area contributed by atoms with Gasteiger partial charge in [-0.25, -0.2) is 0 Å². The molecule has 2 heteroatoms. The molecule has 2 aromatic rings. The zero-order chi connectivity index (χ0) is 14.5. The topological polar surface area (TPSA) is 21.3 Å². The van der Waals surface area contributed by atoms with Crippen LogP contribution in [0.15, 0.2) is 48.5 Å². The number of hydrogen-bond donors (Lipinski definition) is 1. The van der Waals surface area contributed by atoms with E-state index in [1.165, 1.54) is 42.4 Å². The van der Waals surface area contributed by atoms with E-state index in [-0.39, 0.29) is 0 Å². The first-order valence-electron chi connectivity index (χ1n) is 7.84. The van der Waals surface area contributed by atoms with Gasteiger partial charge < -0.3 is 10.1 Å². The minimum absolute atomic E-state index is 0.485. The molecule has 0 unspecified atom stereocenters. The summed E-state index contributed by atoms with van der Waals surface area (Å²) in [4.78, 5) is 0. The molecule has 0 radical (unpaired) electrons. The molecule has 2 nitrogen and oxygen atoms in total. The van der Waals surface area contributed by atoms with Gasteiger partial charge in [0.2, 0.25) is 0 Å². The summed E-state index contributed by atoms with van der Waals surface area (Å²) in [5, 5.41) is 3.14. The van der Waals surface area contributed by atoms with Crippen molar-refractivity contribution in [1.29, 1.82) is 0 Å². The summed E-state index contributed by atoms with van der Waals surface area (Å²) < 4.78 is 5.96. The van der Waals surface area contributed by atoms with Crippen LogP contribution >= 0.6 is 0 Å². The van der Waals surface area contributed by atoms with E-state index >= 15 is 0 Å². The average molecular weight is 281 g/mol. The highest BCUT2D eigenvalue weighted by atomic mass is 16.5. The summed E-state index contributed by atoms with van der Waals surface area (Å²) in [6.07, 6.45) is 5.60. The van der Waals surface area contributed by atoms with Crippen LogP contribution in [-0.2, 0) is 11.3 Å². The number of benzene rings is 2. The highest BCUT2D eigenvalue weighted by Gasteiger charge is 2.14. The van der Waals surface area contributed by atoms with Crippen molar-refractivity contribution < 1.29 is 4.74 Å². The van der Waals surface area contributed by atoms with E-state index in [2.05, 4.69) is 53.8 Å². The summed E-state index contributed by atoms with van der Waals surface area (Å²) in [7, 11) is 1.94. The predicted octanol–water partition coefficient (Wildman–Crippen LogP) is 4.85. The molecule has 0 saturated heterocycles. The Labute approximate surface area is 127 Å². The molecule has 0 atom stereocenters. The fourth-order valence-corrected chi connectivity index (χ4v) is 2.89. The molecule has 0 aromatic heterocycles. The van der Waals surface area contributed by atoms with Gasteiger partial charge in [-0.05, 0) is 41.7 Å². The van der Waals surface area contributed by atoms with Gasteiger partial charge in [-0.2, -0.15) is 0 Å². The summed E-state index contributed by atoms with van der Waals surface area (Å²) in [6, 6.07) is 17.2. The smallest absolute Gasteiger partial charge is 0.0720 e. The molecule has 1 N–H and O–H groups in total. The van der Waals surface area contributed by atoms with E-state index in [1.54, 1.807) is 0 Å². The quantitative estimate of drug-likeness (QED) is 0.845. The maximum absolute atomic E-state index is 5.96. The largest absolute Gasteiger partial charge is 0.388 e. The monoisotopic (exact) mass is 281 g/mol. The molecule has 21 heavy (non-hydrogen) atoms. The van der Waals surface area contributed by atoms with Gasteiger partial charge in [-0.3, -0.25) is 0 Å². The average Bonchev–Trinajstić information content (AvgIpc) is 3.07. The first kappa shape index (κ1) is 14.2. The molecule has 1 aliphatic rings. The zero-order valence-electron chi connectivity index (χ0n) is 12.6. The minimum Gasteiger partial charge on any atom is -0.388 e. The molecular formula is C19H23NO. The summed E-state index contributed by atoms with van der Waals surface area (Å²) in [6.45, 7) is 0.740. The van der Waals surface area contributed by atoms with Crippen LogP contribution in [0, 0.1) is 0 Å². The fourth-order valence-electron chi connectivity index (χ4n) is 2.89. The van der Waals surface area contributed by atoms with Gasteiger partial charge in [0.15, 0.2) is 0 Å². The number of anilines is 1. The van der Waals surface area contributed by atoms with Gasteiger partial charge in [0.05, 0.1) is 12.7 Å². The van der Waals surface area contributed by atoms with Crippen LogP contribution in [-0.4, -0.2) is 13.2 Å². The Balaban J connectivity index is 1.62. The van der Waals surface area contributed by atoms with Crippen LogP contribution in [0.25, 0.3) is 11.1 Å². The summed E-state index contributed by atoms with van der Waals surface area (Å²) in [5.41, 5.74) is 4.90. The predicted molar refractivity (Wildman–Crippen MR) is 88.5 cm³/mol. The second-order valence-corrected chi connectivity index (χ2v) is 5.74. The third-order valence-corrected chi connectivity index (χ3v) is 4.25. The molecule has 3 rings (SSSR count). The molecule has 1 saturated carbocycles. The fraction of sp³-hybridized carbons (Fsp3) is 0.368. The van der Waals surface area contributed by atoms with Gasteiger partial charge in [0.25, 0.3) is 0 Å². The Morgan fingerprint density at radius 2 is 1.48 bits per heavy atom. The van der Waals surface area contributed by atoms with Gasteiger partial charge in [0, 0.05) is 12.7 Å². The lowest BCUT2D eigenvalue weighted by atomic mass is 10.0. The zero-order valence-corrected chi connectivity index (χ0v) is 12.6. The van der Waals surface area contributed by atoms with E-state index in [1.807, 2.05) is 7.05 Å². The SMILES string of the molecule is CNc1ccc(-c2ccc(COC3CCCC3)cc2)cc1. The lowest BCUT2D eigenvalue weighted by Crippen LogP contribution is -2.06. The number of rotatable bonds is 5. The van der Waals surface area contributed by atoms with Gasteiger partial charge in [-0.15, -0.1) is 0 Å². The van der Waals surface area contributed by atoms with Crippen LogP contribution in [0.5, 0.6) is 0 Å². The highest BCUT2D eigenvalue weighted by Crippen LogP contribution is 2.24. The van der Waals surface area contributed by atoms with Crippen molar-refractivity contribution in [2.24, 2.45) is 0 Å². The van der Waals surface area contributed by atoms with Crippen LogP contribution in [0.4, 0.5) is 5.69 Å². The van der Waals surface area contributed by atoms with Gasteiger partial charge >= 0.3 is 0 Å². The van der Waals surface area contributed by atoms with Crippen molar-refractivity contribution in [2.45, 2.75) is 38.4 Å². The summed E-state index contributed by atoms with van der Waals surface area (Å²) in [5.74, 6) is 0. The van der Waals surface area contributed by atoms with Crippen LogP contribution in [0.2, 0.25) is 0 Å². The summed E-state index contributed by atoms with van der Waals surface area (Å²) >= 11 is 0. The van der Waals surface area contributed by atoms with Gasteiger partial charge in [-0.1, -0.05) is 49.2 Å². The molecule has 0 aliphatic heterocycles. The molecule has 0 bridgehead atoms. The van der Waals surface area contributed by atoms with Crippen molar-refractivity contribution in [3.63, 3.8) is 0 Å². The number of ether oxygens (including phenoxy) is 1. The Hall–Kier alpha value is -1.80. The number of nitrogens with one attached hydrogen (secondary N) is 1. The lowest BCUT2D eigenvalue weighted by Gasteiger charge is -2.11. The third-order valence-electron chi connectivity index (χ3n) is 4.25. The molecule has 110 valence electrons. The normalized spacial score (nSPS) is 15.3. The van der Waals surface area contributed by atoms with Crippen LogP contribution in [0.3, 0.4) is 0 Å². The molecule has 0 heterocycles. The van der Waals surface area contributed by atoms with Crippen LogP contribution in [0.1, 0.15) is 31.2 Å². The molecule has 1 aliphatic carbocycles. The maximum Gasteiger partial charge on any atom is 0.0720 e. The highest BCUT2D eigenvalue weighted by molar-refractivity contribution is 5.66. The van der Waals surface area contributed by atoms with Crippen molar-refractivity contribution >= 4 is 5.69 Å². The Bertz CT molecular complexity index is 553. The van der Waals surface area contributed by atoms with E-state index in [0.717, 1.165) is 12.3 Å². The van der Waals surface area contributed by atoms with Gasteiger partial charge in [0.1, 0.15) is 0 Å². The molecule has 2 aromatic carbocycles. The second-order valence-electron chi connectivity index (χ2n) is 5.74. The third kappa shape index (κ3) is 3.64. The Morgan fingerprint density at radius 3 is 2.05 bits per heavy atom. The van der Waals surface area contributed by atoms with E-state index in [9.17, 15) is 0 Å². The molecule has 1 fully saturated rings. The Morgan fingerprint density at radius 1 is 0.905 bits per heavy atom. The van der Waals surface area contributed by atoms with Crippen molar-refractivity contribution in [2.75, 3.05) is 12.4 Å². The number of hydrogen-bond acceptors (Lipinski definition) is 2.